The van der Waals surface area contributed by atoms with Crippen LogP contribution in [0, 0.1) is 23.0 Å². The summed E-state index contributed by atoms with van der Waals surface area (Å²) in [5, 5.41) is 13.7. The van der Waals surface area contributed by atoms with Crippen LogP contribution in [0.25, 0.3) is 55.8 Å². The summed E-state index contributed by atoms with van der Waals surface area (Å²) in [4.78, 5) is 20.9. The van der Waals surface area contributed by atoms with E-state index in [1.807, 2.05) is 30.3 Å². The lowest BCUT2D eigenvalue weighted by Crippen LogP contribution is -2.25. The topological polar surface area (TPSA) is 132 Å². The highest BCUT2D eigenvalue weighted by molar-refractivity contribution is 7.92. The first-order valence-electron chi connectivity index (χ1n) is 13.2. The molecule has 0 spiro atoms. The van der Waals surface area contributed by atoms with E-state index in [0.29, 0.717) is 11.3 Å². The van der Waals surface area contributed by atoms with E-state index in [-0.39, 0.29) is 50.5 Å². The first-order valence-corrected chi connectivity index (χ1v) is 15.1. The molecule has 0 saturated carbocycles. The van der Waals surface area contributed by atoms with Crippen LogP contribution in [0.4, 0.5) is 14.5 Å². The average molecular weight is 612 g/mol. The molecule has 6 rings (SSSR count). The third-order valence-electron chi connectivity index (χ3n) is 7.34. The Hall–Kier alpha value is -5.54. The number of aromatic nitrogens is 2. The molecule has 220 valence electrons. The number of nitrogens with zero attached hydrogens (tertiary/aromatic N) is 3. The number of amides is 1. The summed E-state index contributed by atoms with van der Waals surface area (Å²) in [6, 6.07) is 20.3. The van der Waals surface area contributed by atoms with Crippen LogP contribution in [0.2, 0.25) is 0 Å². The number of para-hydroxylation sites is 1. The van der Waals surface area contributed by atoms with Crippen LogP contribution < -0.4 is 9.62 Å². The normalized spacial score (nSPS) is 11.5. The largest absolute Gasteiger partial charge is 0.455 e. The maximum atomic E-state index is 15.4. The molecule has 0 aliphatic rings. The van der Waals surface area contributed by atoms with Gasteiger partial charge in [0.25, 0.3) is 5.91 Å². The Morgan fingerprint density at radius 1 is 1.05 bits per heavy atom. The molecule has 0 saturated heterocycles. The Bertz CT molecular complexity index is 2240. The quantitative estimate of drug-likeness (QED) is 0.230. The zero-order valence-electron chi connectivity index (χ0n) is 23.6. The Morgan fingerprint density at radius 3 is 2.43 bits per heavy atom. The zero-order valence-corrected chi connectivity index (χ0v) is 24.4. The van der Waals surface area contributed by atoms with E-state index in [1.165, 1.54) is 50.5 Å². The SMILES string of the molecule is CNC(=O)c1c(-c2ccc(F)cc2)oc2cc(N(C)S(C)(=O)=O)c(-c3nc(-c4cc5ccccc5[nH]4)c(F)cc3C#N)cc12. The average Bonchev–Trinajstić information content (AvgIpc) is 3.61. The molecule has 2 N–H and O–H groups in total. The van der Waals surface area contributed by atoms with Gasteiger partial charge in [-0.2, -0.15) is 5.26 Å². The molecule has 3 heterocycles. The van der Waals surface area contributed by atoms with Crippen LogP contribution in [0.15, 0.2) is 77.2 Å². The summed E-state index contributed by atoms with van der Waals surface area (Å²) in [5.74, 6) is -1.65. The van der Waals surface area contributed by atoms with E-state index >= 15 is 4.39 Å². The van der Waals surface area contributed by atoms with Gasteiger partial charge >= 0.3 is 0 Å². The first-order chi connectivity index (χ1) is 21.0. The molecule has 6 aromatic rings. The first kappa shape index (κ1) is 28.6. The number of hydrogen-bond donors (Lipinski definition) is 2. The van der Waals surface area contributed by atoms with Crippen molar-refractivity contribution in [3.63, 3.8) is 0 Å². The number of benzene rings is 3. The van der Waals surface area contributed by atoms with Crippen molar-refractivity contribution in [1.29, 1.82) is 5.26 Å². The number of carbonyl (C=O) groups is 1. The van der Waals surface area contributed by atoms with Gasteiger partial charge in [0.15, 0.2) is 5.82 Å². The number of nitrogens with one attached hydrogen (secondary N) is 2. The van der Waals surface area contributed by atoms with Gasteiger partial charge in [0.1, 0.15) is 28.9 Å². The van der Waals surface area contributed by atoms with Gasteiger partial charge in [-0.3, -0.25) is 9.10 Å². The van der Waals surface area contributed by atoms with Gasteiger partial charge in [0.05, 0.1) is 34.5 Å². The Kier molecular flexibility index (Phi) is 6.90. The molecule has 0 fully saturated rings. The van der Waals surface area contributed by atoms with Crippen LogP contribution >= 0.6 is 0 Å². The van der Waals surface area contributed by atoms with Gasteiger partial charge in [-0.05, 0) is 48.5 Å². The van der Waals surface area contributed by atoms with Crippen LogP contribution in [0.3, 0.4) is 0 Å². The summed E-state index contributed by atoms with van der Waals surface area (Å²) < 4.78 is 61.8. The molecule has 3 aromatic carbocycles. The van der Waals surface area contributed by atoms with Crippen molar-refractivity contribution < 1.29 is 26.4 Å². The highest BCUT2D eigenvalue weighted by Crippen LogP contribution is 2.42. The fourth-order valence-corrected chi connectivity index (χ4v) is 5.59. The second kappa shape index (κ2) is 10.6. The second-order valence-corrected chi connectivity index (χ2v) is 12.1. The van der Waals surface area contributed by atoms with Gasteiger partial charge in [-0.15, -0.1) is 0 Å². The summed E-state index contributed by atoms with van der Waals surface area (Å²) in [5.41, 5.74) is 1.69. The molecule has 0 aliphatic heterocycles. The van der Waals surface area contributed by atoms with Gasteiger partial charge in [-0.1, -0.05) is 18.2 Å². The number of halogens is 2. The summed E-state index contributed by atoms with van der Waals surface area (Å²) in [6.07, 6.45) is 1.00. The molecule has 44 heavy (non-hydrogen) atoms. The number of hydrogen-bond acceptors (Lipinski definition) is 6. The lowest BCUT2D eigenvalue weighted by Gasteiger charge is -2.21. The highest BCUT2D eigenvalue weighted by atomic mass is 32.2. The minimum absolute atomic E-state index is 0.0117. The van der Waals surface area contributed by atoms with E-state index < -0.39 is 27.6 Å². The maximum absolute atomic E-state index is 15.4. The fourth-order valence-electron chi connectivity index (χ4n) is 5.09. The molecular formula is C32H23F2N5O4S. The number of anilines is 1. The van der Waals surface area contributed by atoms with Gasteiger partial charge in [-0.25, -0.2) is 22.2 Å². The smallest absolute Gasteiger partial charge is 0.255 e. The molecule has 3 aromatic heterocycles. The minimum atomic E-state index is -3.86. The Labute approximate surface area is 250 Å². The molecule has 1 amide bonds. The van der Waals surface area contributed by atoms with Crippen LogP contribution in [0.1, 0.15) is 15.9 Å². The maximum Gasteiger partial charge on any atom is 0.255 e. The molecule has 12 heteroatoms. The number of sulfonamides is 1. The van der Waals surface area contributed by atoms with Crippen molar-refractivity contribution >= 4 is 43.5 Å². The molecular weight excluding hydrogens is 588 g/mol. The molecule has 0 bridgehead atoms. The number of pyridine rings is 1. The lowest BCUT2D eigenvalue weighted by atomic mass is 9.98. The van der Waals surface area contributed by atoms with E-state index in [9.17, 15) is 22.9 Å². The van der Waals surface area contributed by atoms with E-state index in [1.54, 1.807) is 6.07 Å². The van der Waals surface area contributed by atoms with Crippen molar-refractivity contribution in [1.82, 2.24) is 15.3 Å². The third kappa shape index (κ3) is 4.83. The predicted molar refractivity (Wildman–Crippen MR) is 163 cm³/mol. The summed E-state index contributed by atoms with van der Waals surface area (Å²) in [6.45, 7) is 0. The van der Waals surface area contributed by atoms with Crippen LogP contribution in [-0.4, -0.2) is 44.6 Å². The second-order valence-electron chi connectivity index (χ2n) is 10.1. The number of rotatable bonds is 6. The van der Waals surface area contributed by atoms with Crippen LogP contribution in [0.5, 0.6) is 0 Å². The molecule has 9 nitrogen and oxygen atoms in total. The number of furan rings is 1. The number of aromatic amines is 1. The zero-order chi connectivity index (χ0) is 31.3. The monoisotopic (exact) mass is 611 g/mol. The molecule has 0 unspecified atom stereocenters. The number of H-pyrrole nitrogens is 1. The van der Waals surface area contributed by atoms with E-state index in [2.05, 4.69) is 15.3 Å². The van der Waals surface area contributed by atoms with Gasteiger partial charge in [0, 0.05) is 47.6 Å². The fraction of sp³-hybridized carbons (Fsp3) is 0.0938. The van der Waals surface area contributed by atoms with Crippen molar-refractivity contribution in [2.24, 2.45) is 0 Å². The Morgan fingerprint density at radius 2 is 1.77 bits per heavy atom. The van der Waals surface area contributed by atoms with Crippen molar-refractivity contribution in [2.75, 3.05) is 24.7 Å². The number of carbonyl (C=O) groups excluding carboxylic acids is 1. The standard InChI is InChI=1S/C32H23F2N5O4S/c1-36-32(40)28-22-14-21(26(39(2)44(3,41)42)15-27(22)43-31(28)17-8-10-20(33)11-9-17)29-19(16-35)12-23(34)30(38-29)25-13-18-6-4-5-7-24(18)37-25/h4-15,37H,1-3H3,(H,36,40). The van der Waals surface area contributed by atoms with Crippen molar-refractivity contribution in [3.8, 4) is 40.0 Å². The van der Waals surface area contributed by atoms with Crippen LogP contribution in [-0.2, 0) is 10.0 Å². The summed E-state index contributed by atoms with van der Waals surface area (Å²) >= 11 is 0. The predicted octanol–water partition coefficient (Wildman–Crippen LogP) is 6.22. The number of fused-ring (bicyclic) bond motifs is 2. The number of nitriles is 1. The Balaban J connectivity index is 1.68. The summed E-state index contributed by atoms with van der Waals surface area (Å²) in [7, 11) is -1.11. The molecule has 0 radical (unpaired) electrons. The van der Waals surface area contributed by atoms with E-state index in [0.717, 1.165) is 27.5 Å². The lowest BCUT2D eigenvalue weighted by molar-refractivity contribution is 0.0964. The molecule has 0 aliphatic carbocycles. The van der Waals surface area contributed by atoms with Gasteiger partial charge in [0.2, 0.25) is 10.0 Å². The minimum Gasteiger partial charge on any atom is -0.455 e. The van der Waals surface area contributed by atoms with E-state index in [4.69, 9.17) is 4.42 Å². The van der Waals surface area contributed by atoms with Crippen molar-refractivity contribution in [3.05, 3.63) is 95.6 Å². The van der Waals surface area contributed by atoms with Gasteiger partial charge < -0.3 is 14.7 Å². The molecule has 0 atom stereocenters. The van der Waals surface area contributed by atoms with Crippen molar-refractivity contribution in [2.45, 2.75) is 0 Å². The highest BCUT2D eigenvalue weighted by Gasteiger charge is 2.28. The third-order valence-corrected chi connectivity index (χ3v) is 8.53.